The highest BCUT2D eigenvalue weighted by Crippen LogP contribution is 2.40. The number of hydrogen-bond acceptors (Lipinski definition) is 10. The van der Waals surface area contributed by atoms with E-state index in [1.165, 1.54) is 21.4 Å². The average molecular weight is 821 g/mol. The molecule has 0 bridgehead atoms. The zero-order valence-electron chi connectivity index (χ0n) is 35.1. The third-order valence-corrected chi connectivity index (χ3v) is 13.4. The summed E-state index contributed by atoms with van der Waals surface area (Å²) in [5.41, 5.74) is 9.35. The fourth-order valence-corrected chi connectivity index (χ4v) is 10.2. The number of nitrogens with one attached hydrogen (secondary N) is 1. The molecule has 0 saturated carbocycles. The molecule has 14 nitrogen and oxygen atoms in total. The van der Waals surface area contributed by atoms with Crippen LogP contribution in [0.3, 0.4) is 0 Å². The monoisotopic (exact) mass is 820 g/mol. The van der Waals surface area contributed by atoms with Crippen molar-refractivity contribution in [3.05, 3.63) is 117 Å². The molecule has 8 heterocycles. The zero-order valence-corrected chi connectivity index (χ0v) is 35.1. The first kappa shape index (κ1) is 39.2. The second-order valence-corrected chi connectivity index (χ2v) is 18.0. The lowest BCUT2D eigenvalue weighted by molar-refractivity contribution is 0.0961. The maximum Gasteiger partial charge on any atom is 0.277 e. The van der Waals surface area contributed by atoms with Crippen molar-refractivity contribution in [2.45, 2.75) is 65.3 Å². The Morgan fingerprint density at radius 3 is 2.46 bits per heavy atom. The van der Waals surface area contributed by atoms with Gasteiger partial charge in [0, 0.05) is 99.9 Å². The van der Waals surface area contributed by atoms with Gasteiger partial charge in [-0.2, -0.15) is 0 Å². The van der Waals surface area contributed by atoms with Crippen molar-refractivity contribution >= 4 is 41.0 Å². The van der Waals surface area contributed by atoms with E-state index in [1.54, 1.807) is 36.6 Å². The van der Waals surface area contributed by atoms with Crippen LogP contribution in [0.4, 0.5) is 23.0 Å². The third kappa shape index (κ3) is 7.36. The number of pyridine rings is 3. The summed E-state index contributed by atoms with van der Waals surface area (Å²) in [6.07, 6.45) is 11.1. The smallest absolute Gasteiger partial charge is 0.277 e. The highest BCUT2D eigenvalue weighted by atomic mass is 16.3. The summed E-state index contributed by atoms with van der Waals surface area (Å²) >= 11 is 0. The molecule has 0 spiro atoms. The van der Waals surface area contributed by atoms with Crippen LogP contribution >= 0.6 is 0 Å². The summed E-state index contributed by atoms with van der Waals surface area (Å²) in [4.78, 5) is 61.7. The minimum Gasteiger partial charge on any atom is -0.392 e. The first-order chi connectivity index (χ1) is 29.5. The van der Waals surface area contributed by atoms with Crippen LogP contribution in [0.2, 0.25) is 0 Å². The van der Waals surface area contributed by atoms with Gasteiger partial charge >= 0.3 is 0 Å². The lowest BCUT2D eigenvalue weighted by atomic mass is 9.90. The van der Waals surface area contributed by atoms with Crippen molar-refractivity contribution in [2.75, 3.05) is 60.9 Å². The molecule has 0 radical (unpaired) electrons. The lowest BCUT2D eigenvalue weighted by Gasteiger charge is -2.43. The molecule has 2 N–H and O–H groups in total. The second-order valence-electron chi connectivity index (χ2n) is 18.0. The summed E-state index contributed by atoms with van der Waals surface area (Å²) < 4.78 is 3.69. The molecular formula is C47H52N10O4. The molecule has 2 fully saturated rings. The third-order valence-electron chi connectivity index (χ3n) is 13.4. The number of aliphatic imine (C=N–C) groups is 1. The van der Waals surface area contributed by atoms with Crippen LogP contribution in [-0.2, 0) is 39.6 Å². The molecule has 4 aliphatic heterocycles. The number of rotatable bonds is 9. The van der Waals surface area contributed by atoms with Crippen molar-refractivity contribution in [3.63, 3.8) is 0 Å². The van der Waals surface area contributed by atoms with Gasteiger partial charge in [-0.3, -0.25) is 29.1 Å². The molecule has 5 aromatic rings. The van der Waals surface area contributed by atoms with Gasteiger partial charge in [0.1, 0.15) is 23.0 Å². The van der Waals surface area contributed by atoms with Crippen LogP contribution in [0, 0.1) is 5.41 Å². The van der Waals surface area contributed by atoms with Gasteiger partial charge in [0.2, 0.25) is 0 Å². The maximum absolute atomic E-state index is 14.0. The molecule has 61 heavy (non-hydrogen) atoms. The van der Waals surface area contributed by atoms with Crippen LogP contribution in [0.5, 0.6) is 0 Å². The quantitative estimate of drug-likeness (QED) is 0.208. The minimum atomic E-state index is -0.325. The number of carbonyl (C=O) groups is 2. The van der Waals surface area contributed by atoms with Crippen LogP contribution in [-0.4, -0.2) is 104 Å². The predicted molar refractivity (Wildman–Crippen MR) is 236 cm³/mol. The number of hydrogen-bond donors (Lipinski definition) is 2. The van der Waals surface area contributed by atoms with Gasteiger partial charge in [-0.15, -0.1) is 0 Å². The second kappa shape index (κ2) is 15.5. The highest BCUT2D eigenvalue weighted by molar-refractivity contribution is 6.13. The Balaban J connectivity index is 0.772. The van der Waals surface area contributed by atoms with Gasteiger partial charge in [0.05, 0.1) is 24.1 Å². The molecule has 10 rings (SSSR count). The molecule has 1 aliphatic carbocycles. The fourth-order valence-electron chi connectivity index (χ4n) is 10.2. The average Bonchev–Trinajstić information content (AvgIpc) is 3.91. The largest absolute Gasteiger partial charge is 0.392 e. The number of nitrogens with zero attached hydrogens (tertiary/aromatic N) is 9. The SMILES string of the molecule is Cn1cc(-c2ccnc(N3CCn4c(cc5c4CC(C)(C)C5)C3=O)c2CO)cc(Nc2ccc(N3CCN(C4CCN(Cc5ccc6c(c5)C=NC6=O)CC4)CC3)cn2)c1=O. The number of anilines is 4. The standard InChI is InChI=1S/C47H52N10O4/c1-47(2)23-31-22-40-46(61)57(19-18-56(40)41(31)24-47)43-38(29-58)36(8-11-48-43)33-21-39(45(60)52(3)28-33)51-42-7-5-35(26-49-42)55-16-14-54(15-17-55)34-9-12-53(13-10-34)27-30-4-6-37-32(20-30)25-50-44(37)59/h4-8,11,20-22,25-26,28,34,58H,9-10,12-19,23-24,27,29H2,1-3H3,(H,49,51). The topological polar surface area (TPSA) is 144 Å². The van der Waals surface area contributed by atoms with Crippen molar-refractivity contribution in [2.24, 2.45) is 17.5 Å². The number of piperidine rings is 1. The normalized spacial score (nSPS) is 19.1. The van der Waals surface area contributed by atoms with Gasteiger partial charge in [0.15, 0.2) is 0 Å². The van der Waals surface area contributed by atoms with E-state index >= 15 is 0 Å². The number of carbonyl (C=O) groups excluding carboxylic acids is 2. The molecule has 2 amide bonds. The number of aliphatic hydroxyl groups is 1. The van der Waals surface area contributed by atoms with Crippen molar-refractivity contribution in [3.8, 4) is 11.1 Å². The lowest BCUT2D eigenvalue weighted by Crippen LogP contribution is -2.53. The van der Waals surface area contributed by atoms with E-state index in [2.05, 4.69) is 66.6 Å². The first-order valence-corrected chi connectivity index (χ1v) is 21.5. The van der Waals surface area contributed by atoms with Gasteiger partial charge in [0.25, 0.3) is 17.4 Å². The Bertz CT molecular complexity index is 2630. The number of aromatic nitrogens is 4. The molecule has 0 atom stereocenters. The van der Waals surface area contributed by atoms with E-state index in [4.69, 9.17) is 4.98 Å². The van der Waals surface area contributed by atoms with Crippen LogP contribution in [0.25, 0.3) is 11.1 Å². The molecule has 314 valence electrons. The summed E-state index contributed by atoms with van der Waals surface area (Å²) in [6.45, 7) is 12.2. The molecule has 14 heteroatoms. The summed E-state index contributed by atoms with van der Waals surface area (Å²) in [5.74, 6) is 0.726. The molecular weight excluding hydrogens is 769 g/mol. The van der Waals surface area contributed by atoms with E-state index in [0.717, 1.165) is 82.7 Å². The van der Waals surface area contributed by atoms with Gasteiger partial charge in [-0.1, -0.05) is 19.9 Å². The number of piperazine rings is 1. The molecule has 4 aromatic heterocycles. The number of benzene rings is 1. The Kier molecular flexibility index (Phi) is 9.96. The van der Waals surface area contributed by atoms with E-state index in [0.29, 0.717) is 64.4 Å². The van der Waals surface area contributed by atoms with E-state index < -0.39 is 0 Å². The van der Waals surface area contributed by atoms with Crippen LogP contribution in [0.15, 0.2) is 76.9 Å². The van der Waals surface area contributed by atoms with Crippen molar-refractivity contribution in [1.29, 1.82) is 0 Å². The first-order valence-electron chi connectivity index (χ1n) is 21.5. The van der Waals surface area contributed by atoms with E-state index in [-0.39, 0.29) is 29.4 Å². The summed E-state index contributed by atoms with van der Waals surface area (Å²) in [6, 6.07) is 16.2. The summed E-state index contributed by atoms with van der Waals surface area (Å²) in [5, 5.41) is 14.0. The van der Waals surface area contributed by atoms with Gasteiger partial charge in [-0.25, -0.2) is 15.0 Å². The van der Waals surface area contributed by atoms with Crippen molar-refractivity contribution < 1.29 is 14.7 Å². The number of amides is 2. The van der Waals surface area contributed by atoms with Crippen molar-refractivity contribution in [1.82, 2.24) is 28.9 Å². The molecule has 2 saturated heterocycles. The van der Waals surface area contributed by atoms with E-state index in [9.17, 15) is 19.5 Å². The van der Waals surface area contributed by atoms with Crippen LogP contribution in [0.1, 0.15) is 75.5 Å². The summed E-state index contributed by atoms with van der Waals surface area (Å²) in [7, 11) is 1.70. The predicted octanol–water partition coefficient (Wildman–Crippen LogP) is 5.02. The van der Waals surface area contributed by atoms with Crippen LogP contribution < -0.4 is 20.7 Å². The Morgan fingerprint density at radius 1 is 0.869 bits per heavy atom. The Labute approximate surface area is 355 Å². The fraction of sp³-hybridized carbons (Fsp3) is 0.404. The van der Waals surface area contributed by atoms with E-state index in [1.807, 2.05) is 30.5 Å². The number of aliphatic hydroxyl groups excluding tert-OH is 1. The molecule has 1 aromatic carbocycles. The number of likely N-dealkylation sites (tertiary alicyclic amines) is 1. The zero-order chi connectivity index (χ0) is 42.0. The minimum absolute atomic E-state index is 0.117. The molecule has 5 aliphatic rings. The Hall–Kier alpha value is -5.96. The number of fused-ring (bicyclic) bond motifs is 4. The highest BCUT2D eigenvalue weighted by Gasteiger charge is 2.38. The maximum atomic E-state index is 14.0. The Morgan fingerprint density at radius 2 is 1.69 bits per heavy atom. The van der Waals surface area contributed by atoms with Gasteiger partial charge < -0.3 is 24.5 Å². The molecule has 0 unspecified atom stereocenters. The van der Waals surface area contributed by atoms with Gasteiger partial charge in [-0.05, 0) is 103 Å². The number of aryl methyl sites for hydroxylation is 1.